The lowest BCUT2D eigenvalue weighted by atomic mass is 10.2. The minimum Gasteiger partial charge on any atom is -0.353 e. The van der Waals surface area contributed by atoms with E-state index in [1.54, 1.807) is 18.4 Å². The molecule has 0 bridgehead atoms. The van der Waals surface area contributed by atoms with E-state index in [2.05, 4.69) is 39.7 Å². The zero-order valence-electron chi connectivity index (χ0n) is 10.6. The molecule has 1 aliphatic rings. The number of halogens is 1. The van der Waals surface area contributed by atoms with Gasteiger partial charge in [-0.05, 0) is 19.8 Å². The van der Waals surface area contributed by atoms with Crippen LogP contribution in [0.2, 0.25) is 0 Å². The van der Waals surface area contributed by atoms with Crippen molar-refractivity contribution < 1.29 is 0 Å². The van der Waals surface area contributed by atoms with Crippen LogP contribution in [0, 0.1) is 6.92 Å². The van der Waals surface area contributed by atoms with Crippen molar-refractivity contribution in [3.05, 3.63) is 28.2 Å². The Kier molecular flexibility index (Phi) is 6.62. The zero-order chi connectivity index (χ0) is 12.1. The van der Waals surface area contributed by atoms with E-state index in [-0.39, 0.29) is 24.0 Å². The van der Waals surface area contributed by atoms with Crippen LogP contribution in [0.3, 0.4) is 0 Å². The largest absolute Gasteiger partial charge is 0.353 e. The number of hydrogen-bond acceptors (Lipinski definition) is 3. The second-order valence-electron chi connectivity index (χ2n) is 4.07. The third-order valence-corrected chi connectivity index (χ3v) is 3.56. The first-order valence-electron chi connectivity index (χ1n) is 5.81. The molecular formula is C12H19IN4S. The molecule has 2 rings (SSSR count). The van der Waals surface area contributed by atoms with Gasteiger partial charge >= 0.3 is 0 Å². The number of thiazole rings is 1. The summed E-state index contributed by atoms with van der Waals surface area (Å²) in [5.74, 6) is 0.853. The highest BCUT2D eigenvalue weighted by atomic mass is 127. The minimum absolute atomic E-state index is 0. The fourth-order valence-electron chi connectivity index (χ4n) is 1.77. The highest BCUT2D eigenvalue weighted by molar-refractivity contribution is 14.0. The second kappa shape index (κ2) is 7.73. The summed E-state index contributed by atoms with van der Waals surface area (Å²) in [5, 5.41) is 7.77. The molecule has 1 aromatic rings. The summed E-state index contributed by atoms with van der Waals surface area (Å²) in [6.45, 7) is 2.80. The number of aromatic nitrogens is 1. The average Bonchev–Trinajstić information content (AvgIpc) is 2.96. The lowest BCUT2D eigenvalue weighted by molar-refractivity contribution is 0.632. The van der Waals surface area contributed by atoms with Crippen molar-refractivity contribution >= 4 is 41.3 Å². The topological polar surface area (TPSA) is 49.3 Å². The van der Waals surface area contributed by atoms with Crippen molar-refractivity contribution in [3.63, 3.8) is 0 Å². The van der Waals surface area contributed by atoms with Crippen LogP contribution in [-0.4, -0.2) is 24.0 Å². The van der Waals surface area contributed by atoms with E-state index in [1.165, 1.54) is 4.88 Å². The van der Waals surface area contributed by atoms with Gasteiger partial charge in [0.2, 0.25) is 0 Å². The first-order chi connectivity index (χ1) is 8.28. The normalized spacial score (nSPS) is 15.6. The number of aryl methyl sites for hydroxylation is 1. The molecule has 0 saturated carbocycles. The molecule has 18 heavy (non-hydrogen) atoms. The molecule has 0 atom stereocenters. The van der Waals surface area contributed by atoms with Crippen LogP contribution in [0.5, 0.6) is 0 Å². The van der Waals surface area contributed by atoms with Gasteiger partial charge < -0.3 is 10.6 Å². The number of nitrogens with zero attached hydrogens (tertiary/aromatic N) is 2. The van der Waals surface area contributed by atoms with Gasteiger partial charge in [-0.2, -0.15) is 0 Å². The molecule has 1 heterocycles. The lowest BCUT2D eigenvalue weighted by Crippen LogP contribution is -2.42. The Balaban J connectivity index is 0.00000162. The van der Waals surface area contributed by atoms with E-state index < -0.39 is 0 Å². The van der Waals surface area contributed by atoms with Crippen LogP contribution in [0.4, 0.5) is 0 Å². The Morgan fingerprint density at radius 3 is 2.78 bits per heavy atom. The Morgan fingerprint density at radius 1 is 1.50 bits per heavy atom. The van der Waals surface area contributed by atoms with Crippen LogP contribution in [-0.2, 0) is 6.54 Å². The summed E-state index contributed by atoms with van der Waals surface area (Å²) in [4.78, 5) is 9.77. The smallest absolute Gasteiger partial charge is 0.191 e. The van der Waals surface area contributed by atoms with Gasteiger partial charge in [-0.1, -0.05) is 12.2 Å². The quantitative estimate of drug-likeness (QED) is 0.368. The molecule has 1 aliphatic carbocycles. The number of hydrogen-bond donors (Lipinski definition) is 2. The molecule has 4 nitrogen and oxygen atoms in total. The molecular weight excluding hydrogens is 359 g/mol. The molecule has 0 saturated heterocycles. The van der Waals surface area contributed by atoms with Crippen LogP contribution >= 0.6 is 35.3 Å². The molecule has 2 N–H and O–H groups in total. The maximum Gasteiger partial charge on any atom is 0.191 e. The maximum atomic E-state index is 4.31. The molecule has 6 heteroatoms. The first kappa shape index (κ1) is 15.4. The van der Waals surface area contributed by atoms with E-state index in [9.17, 15) is 0 Å². The van der Waals surface area contributed by atoms with Crippen LogP contribution in [0.1, 0.15) is 22.7 Å². The first-order valence-corrected chi connectivity index (χ1v) is 6.63. The molecule has 0 fully saturated rings. The summed E-state index contributed by atoms with van der Waals surface area (Å²) in [6.07, 6.45) is 8.47. The highest BCUT2D eigenvalue weighted by Gasteiger charge is 2.11. The van der Waals surface area contributed by atoms with Gasteiger partial charge in [0.1, 0.15) is 5.01 Å². The van der Waals surface area contributed by atoms with Gasteiger partial charge in [-0.15, -0.1) is 35.3 Å². The predicted molar refractivity (Wildman–Crippen MR) is 87.8 cm³/mol. The van der Waals surface area contributed by atoms with E-state index >= 15 is 0 Å². The Bertz CT molecular complexity index is 419. The van der Waals surface area contributed by atoms with Crippen LogP contribution < -0.4 is 10.6 Å². The molecule has 0 unspecified atom stereocenters. The summed E-state index contributed by atoms with van der Waals surface area (Å²) < 4.78 is 0. The molecule has 0 aromatic carbocycles. The zero-order valence-corrected chi connectivity index (χ0v) is 13.8. The van der Waals surface area contributed by atoms with Gasteiger partial charge in [-0.25, -0.2) is 4.98 Å². The van der Waals surface area contributed by atoms with E-state index in [1.807, 2.05) is 6.20 Å². The second-order valence-corrected chi connectivity index (χ2v) is 5.39. The summed E-state index contributed by atoms with van der Waals surface area (Å²) in [6, 6.07) is 0.485. The van der Waals surface area contributed by atoms with E-state index in [0.29, 0.717) is 6.04 Å². The van der Waals surface area contributed by atoms with Gasteiger partial charge in [-0.3, -0.25) is 4.99 Å². The fraction of sp³-hybridized carbons (Fsp3) is 0.500. The standard InChI is InChI=1S/C12H18N4S.HI/c1-9-7-14-11(17-9)8-15-12(13-2)16-10-5-3-4-6-10;/h3-4,7,10H,5-6,8H2,1-2H3,(H2,13,15,16);1H. The van der Waals surface area contributed by atoms with Crippen molar-refractivity contribution in [3.8, 4) is 0 Å². The van der Waals surface area contributed by atoms with Crippen LogP contribution in [0.25, 0.3) is 0 Å². The Hall–Kier alpha value is -0.630. The molecule has 0 spiro atoms. The molecule has 0 aliphatic heterocycles. The number of rotatable bonds is 3. The maximum absolute atomic E-state index is 4.31. The molecule has 100 valence electrons. The van der Waals surface area contributed by atoms with Crippen molar-refractivity contribution in [2.45, 2.75) is 32.4 Å². The van der Waals surface area contributed by atoms with Crippen molar-refractivity contribution in [2.75, 3.05) is 7.05 Å². The summed E-state index contributed by atoms with van der Waals surface area (Å²) in [5.41, 5.74) is 0. The Morgan fingerprint density at radius 2 is 2.22 bits per heavy atom. The molecule has 1 aromatic heterocycles. The summed E-state index contributed by atoms with van der Waals surface area (Å²) in [7, 11) is 1.80. The third-order valence-electron chi connectivity index (χ3n) is 2.65. The minimum atomic E-state index is 0. The fourth-order valence-corrected chi connectivity index (χ4v) is 2.49. The number of aliphatic imine (C=N–C) groups is 1. The highest BCUT2D eigenvalue weighted by Crippen LogP contribution is 2.11. The summed E-state index contributed by atoms with van der Waals surface area (Å²) >= 11 is 1.71. The van der Waals surface area contributed by atoms with Crippen molar-refractivity contribution in [1.82, 2.24) is 15.6 Å². The van der Waals surface area contributed by atoms with Gasteiger partial charge in [0, 0.05) is 24.2 Å². The van der Waals surface area contributed by atoms with E-state index in [4.69, 9.17) is 0 Å². The average molecular weight is 378 g/mol. The third kappa shape index (κ3) is 4.56. The number of guanidine groups is 1. The molecule has 0 amide bonds. The van der Waals surface area contributed by atoms with Gasteiger partial charge in [0.25, 0.3) is 0 Å². The lowest BCUT2D eigenvalue weighted by Gasteiger charge is -2.16. The van der Waals surface area contributed by atoms with Gasteiger partial charge in [0.15, 0.2) is 5.96 Å². The molecule has 0 radical (unpaired) electrons. The van der Waals surface area contributed by atoms with Crippen LogP contribution in [0.15, 0.2) is 23.3 Å². The van der Waals surface area contributed by atoms with E-state index in [0.717, 1.165) is 30.4 Å². The number of nitrogens with one attached hydrogen (secondary N) is 2. The monoisotopic (exact) mass is 378 g/mol. The SMILES string of the molecule is CN=C(NCc1ncc(C)s1)NC1CC=CC1.I. The predicted octanol–water partition coefficient (Wildman–Crippen LogP) is 2.45. The van der Waals surface area contributed by atoms with Gasteiger partial charge in [0.05, 0.1) is 6.54 Å². The van der Waals surface area contributed by atoms with Crippen molar-refractivity contribution in [1.29, 1.82) is 0 Å². The Labute approximate surface area is 129 Å². The van der Waals surface area contributed by atoms with Crippen molar-refractivity contribution in [2.24, 2.45) is 4.99 Å².